The molecule has 0 amide bonds. The molecule has 5 nitrogen and oxygen atoms in total. The second-order valence-electron chi connectivity index (χ2n) is 5.02. The highest BCUT2D eigenvalue weighted by Crippen LogP contribution is 2.23. The molecule has 0 saturated heterocycles. The maximum atomic E-state index is 5.27. The standard InChI is InChI=1S/C14H20N4OS/c1-9(2)12-6-5-11(10(3)15-12)13-16-17-14(20)18(13)7-8-19-4/h5-6,9H,7-8H2,1-4H3,(H,17,20). The van der Waals surface area contributed by atoms with Crippen LogP contribution in [-0.2, 0) is 11.3 Å². The number of nitrogens with zero attached hydrogens (tertiary/aromatic N) is 3. The van der Waals surface area contributed by atoms with Gasteiger partial charge in [0.15, 0.2) is 10.6 Å². The van der Waals surface area contributed by atoms with Crippen molar-refractivity contribution in [2.24, 2.45) is 0 Å². The molecule has 2 aromatic rings. The number of H-pyrrole nitrogens is 1. The van der Waals surface area contributed by atoms with E-state index in [9.17, 15) is 0 Å². The molecule has 0 aliphatic carbocycles. The fourth-order valence-corrected chi connectivity index (χ4v) is 2.28. The summed E-state index contributed by atoms with van der Waals surface area (Å²) in [6, 6.07) is 4.11. The number of rotatable bonds is 5. The first-order chi connectivity index (χ1) is 9.54. The Morgan fingerprint density at radius 3 is 2.75 bits per heavy atom. The number of hydrogen-bond donors (Lipinski definition) is 1. The van der Waals surface area contributed by atoms with E-state index in [1.165, 1.54) is 0 Å². The summed E-state index contributed by atoms with van der Waals surface area (Å²) < 4.78 is 7.66. The predicted molar refractivity (Wildman–Crippen MR) is 81.3 cm³/mol. The van der Waals surface area contributed by atoms with Crippen LogP contribution in [0, 0.1) is 11.7 Å². The lowest BCUT2D eigenvalue weighted by Crippen LogP contribution is -2.07. The first-order valence-electron chi connectivity index (χ1n) is 6.66. The Kier molecular flexibility index (Phi) is 4.67. The number of nitrogens with one attached hydrogen (secondary N) is 1. The van der Waals surface area contributed by atoms with Crippen molar-refractivity contribution in [2.75, 3.05) is 13.7 Å². The van der Waals surface area contributed by atoms with Gasteiger partial charge >= 0.3 is 0 Å². The van der Waals surface area contributed by atoms with Crippen molar-refractivity contribution in [3.05, 3.63) is 28.3 Å². The molecule has 1 N–H and O–H groups in total. The SMILES string of the molecule is COCCn1c(-c2ccc(C(C)C)nc2C)n[nH]c1=S. The van der Waals surface area contributed by atoms with Gasteiger partial charge < -0.3 is 4.74 Å². The van der Waals surface area contributed by atoms with Crippen LogP contribution in [0.5, 0.6) is 0 Å². The molecule has 6 heteroatoms. The van der Waals surface area contributed by atoms with E-state index >= 15 is 0 Å². The zero-order valence-corrected chi connectivity index (χ0v) is 13.1. The van der Waals surface area contributed by atoms with Crippen LogP contribution in [0.3, 0.4) is 0 Å². The number of aromatic amines is 1. The van der Waals surface area contributed by atoms with E-state index in [0.29, 0.717) is 23.8 Å². The van der Waals surface area contributed by atoms with Gasteiger partial charge in [0, 0.05) is 24.1 Å². The van der Waals surface area contributed by atoms with Crippen LogP contribution in [0.25, 0.3) is 11.4 Å². The van der Waals surface area contributed by atoms with Crippen molar-refractivity contribution in [1.29, 1.82) is 0 Å². The lowest BCUT2D eigenvalue weighted by Gasteiger charge is -2.11. The average molecular weight is 292 g/mol. The molecule has 2 heterocycles. The zero-order valence-electron chi connectivity index (χ0n) is 12.3. The molecule has 0 aliphatic rings. The van der Waals surface area contributed by atoms with E-state index in [1.54, 1.807) is 7.11 Å². The van der Waals surface area contributed by atoms with Gasteiger partial charge in [-0.25, -0.2) is 0 Å². The summed E-state index contributed by atoms with van der Waals surface area (Å²) >= 11 is 5.27. The Morgan fingerprint density at radius 1 is 1.40 bits per heavy atom. The Bertz CT molecular complexity index is 645. The van der Waals surface area contributed by atoms with Crippen molar-refractivity contribution in [2.45, 2.75) is 33.2 Å². The minimum Gasteiger partial charge on any atom is -0.383 e. The fourth-order valence-electron chi connectivity index (χ4n) is 2.05. The molecule has 0 fully saturated rings. The highest BCUT2D eigenvalue weighted by molar-refractivity contribution is 7.71. The van der Waals surface area contributed by atoms with Gasteiger partial charge in [0.25, 0.3) is 0 Å². The maximum absolute atomic E-state index is 5.27. The molecule has 20 heavy (non-hydrogen) atoms. The summed E-state index contributed by atoms with van der Waals surface area (Å²) in [5.41, 5.74) is 3.05. The van der Waals surface area contributed by atoms with Crippen molar-refractivity contribution in [3.8, 4) is 11.4 Å². The van der Waals surface area contributed by atoms with Crippen LogP contribution in [0.15, 0.2) is 12.1 Å². The van der Waals surface area contributed by atoms with E-state index in [2.05, 4.69) is 35.1 Å². The smallest absolute Gasteiger partial charge is 0.195 e. The lowest BCUT2D eigenvalue weighted by atomic mass is 10.1. The monoisotopic (exact) mass is 292 g/mol. The normalized spacial score (nSPS) is 11.2. The molecular formula is C14H20N4OS. The molecule has 0 saturated carbocycles. The summed E-state index contributed by atoms with van der Waals surface area (Å²) in [5, 5.41) is 7.17. The largest absolute Gasteiger partial charge is 0.383 e. The van der Waals surface area contributed by atoms with Crippen LogP contribution in [0.1, 0.15) is 31.2 Å². The number of hydrogen-bond acceptors (Lipinski definition) is 4. The number of pyridine rings is 1. The maximum Gasteiger partial charge on any atom is 0.195 e. The molecular weight excluding hydrogens is 272 g/mol. The van der Waals surface area contributed by atoms with Gasteiger partial charge in [-0.3, -0.25) is 14.6 Å². The van der Waals surface area contributed by atoms with Crippen LogP contribution >= 0.6 is 12.2 Å². The number of methoxy groups -OCH3 is 1. The van der Waals surface area contributed by atoms with Gasteiger partial charge in [0.1, 0.15) is 0 Å². The predicted octanol–water partition coefficient (Wildman–Crippen LogP) is 3.08. The highest BCUT2D eigenvalue weighted by atomic mass is 32.1. The Labute approximate surface area is 124 Å². The average Bonchev–Trinajstić information content (AvgIpc) is 2.77. The minimum atomic E-state index is 0.414. The van der Waals surface area contributed by atoms with Gasteiger partial charge in [-0.1, -0.05) is 13.8 Å². The van der Waals surface area contributed by atoms with Crippen LogP contribution in [0.4, 0.5) is 0 Å². The molecule has 0 spiro atoms. The van der Waals surface area contributed by atoms with Crippen LogP contribution in [-0.4, -0.2) is 33.5 Å². The highest BCUT2D eigenvalue weighted by Gasteiger charge is 2.13. The Hall–Kier alpha value is -1.53. The Morgan fingerprint density at radius 2 is 2.15 bits per heavy atom. The van der Waals surface area contributed by atoms with E-state index in [4.69, 9.17) is 17.0 Å². The lowest BCUT2D eigenvalue weighted by molar-refractivity contribution is 0.187. The number of aryl methyl sites for hydroxylation is 1. The summed E-state index contributed by atoms with van der Waals surface area (Å²) in [6.45, 7) is 7.54. The van der Waals surface area contributed by atoms with Crippen molar-refractivity contribution < 1.29 is 4.74 Å². The van der Waals surface area contributed by atoms with E-state index in [-0.39, 0.29) is 0 Å². The van der Waals surface area contributed by atoms with Gasteiger partial charge in [-0.15, -0.1) is 0 Å². The molecule has 0 radical (unpaired) electrons. The topological polar surface area (TPSA) is 55.7 Å². The molecule has 0 aromatic carbocycles. The summed E-state index contributed by atoms with van der Waals surface area (Å²) in [4.78, 5) is 4.65. The molecule has 108 valence electrons. The molecule has 0 bridgehead atoms. The van der Waals surface area contributed by atoms with Crippen molar-refractivity contribution in [3.63, 3.8) is 0 Å². The van der Waals surface area contributed by atoms with Crippen molar-refractivity contribution in [1.82, 2.24) is 19.7 Å². The van der Waals surface area contributed by atoms with E-state index < -0.39 is 0 Å². The summed E-state index contributed by atoms with van der Waals surface area (Å²) in [5.74, 6) is 1.23. The second-order valence-corrected chi connectivity index (χ2v) is 5.41. The number of aromatic nitrogens is 4. The third-order valence-corrected chi connectivity index (χ3v) is 3.53. The quantitative estimate of drug-likeness (QED) is 0.860. The van der Waals surface area contributed by atoms with Crippen LogP contribution in [0.2, 0.25) is 0 Å². The summed E-state index contributed by atoms with van der Waals surface area (Å²) in [7, 11) is 1.67. The van der Waals surface area contributed by atoms with Gasteiger partial charge in [0.2, 0.25) is 0 Å². The molecule has 2 aromatic heterocycles. The fraction of sp³-hybridized carbons (Fsp3) is 0.500. The Balaban J connectivity index is 2.44. The molecule has 0 unspecified atom stereocenters. The molecule has 0 aliphatic heterocycles. The number of ether oxygens (including phenoxy) is 1. The second kappa shape index (κ2) is 6.28. The third-order valence-electron chi connectivity index (χ3n) is 3.22. The summed E-state index contributed by atoms with van der Waals surface area (Å²) in [6.07, 6.45) is 0. The third kappa shape index (κ3) is 2.96. The molecule has 0 atom stereocenters. The first kappa shape index (κ1) is 14.9. The first-order valence-corrected chi connectivity index (χ1v) is 7.07. The van der Waals surface area contributed by atoms with Gasteiger partial charge in [-0.05, 0) is 37.2 Å². The van der Waals surface area contributed by atoms with E-state index in [0.717, 1.165) is 22.8 Å². The van der Waals surface area contributed by atoms with Crippen molar-refractivity contribution >= 4 is 12.2 Å². The van der Waals surface area contributed by atoms with Crippen LogP contribution < -0.4 is 0 Å². The van der Waals surface area contributed by atoms with Gasteiger partial charge in [-0.2, -0.15) is 5.10 Å². The van der Waals surface area contributed by atoms with E-state index in [1.807, 2.05) is 17.6 Å². The minimum absolute atomic E-state index is 0.414. The van der Waals surface area contributed by atoms with Gasteiger partial charge in [0.05, 0.1) is 13.2 Å². The zero-order chi connectivity index (χ0) is 14.7. The molecule has 2 rings (SSSR count).